The zero-order valence-electron chi connectivity index (χ0n) is 15.7. The Morgan fingerprint density at radius 2 is 2.11 bits per heavy atom. The van der Waals surface area contributed by atoms with E-state index in [9.17, 15) is 4.79 Å². The molecule has 0 bridgehead atoms. The summed E-state index contributed by atoms with van der Waals surface area (Å²) in [7, 11) is 1.62. The summed E-state index contributed by atoms with van der Waals surface area (Å²) in [6.07, 6.45) is 5.30. The molecule has 0 radical (unpaired) electrons. The summed E-state index contributed by atoms with van der Waals surface area (Å²) < 4.78 is 10.7. The largest absolute Gasteiger partial charge is 0.497 e. The SMILES string of the molecule is COc1ccc(-c2noc([C@@H]3CCCN3C(=O)c3cccnc3SC)n2)cc1. The van der Waals surface area contributed by atoms with Gasteiger partial charge in [0.2, 0.25) is 11.7 Å². The molecule has 3 aromatic rings. The van der Waals surface area contributed by atoms with Gasteiger partial charge in [0, 0.05) is 18.3 Å². The van der Waals surface area contributed by atoms with Gasteiger partial charge in [-0.05, 0) is 55.5 Å². The number of ether oxygens (including phenoxy) is 1. The highest BCUT2D eigenvalue weighted by molar-refractivity contribution is 7.98. The van der Waals surface area contributed by atoms with E-state index in [2.05, 4.69) is 15.1 Å². The van der Waals surface area contributed by atoms with Crippen LogP contribution in [-0.2, 0) is 0 Å². The van der Waals surface area contributed by atoms with Crippen molar-refractivity contribution >= 4 is 17.7 Å². The Kier molecular flexibility index (Phi) is 5.29. The van der Waals surface area contributed by atoms with Gasteiger partial charge in [-0.3, -0.25) is 4.79 Å². The second-order valence-electron chi connectivity index (χ2n) is 6.40. The molecule has 1 aliphatic heterocycles. The molecular formula is C20H20N4O3S. The molecule has 0 aliphatic carbocycles. The number of benzene rings is 1. The van der Waals surface area contributed by atoms with Crippen LogP contribution < -0.4 is 4.74 Å². The van der Waals surface area contributed by atoms with E-state index in [1.165, 1.54) is 11.8 Å². The van der Waals surface area contributed by atoms with Crippen molar-refractivity contribution in [3.63, 3.8) is 0 Å². The van der Waals surface area contributed by atoms with Crippen molar-refractivity contribution in [2.24, 2.45) is 0 Å². The number of rotatable bonds is 5. The number of hydrogen-bond donors (Lipinski definition) is 0. The fourth-order valence-corrected chi connectivity index (χ4v) is 3.91. The van der Waals surface area contributed by atoms with Crippen LogP contribution in [0.2, 0.25) is 0 Å². The third-order valence-electron chi connectivity index (χ3n) is 4.78. The van der Waals surface area contributed by atoms with Gasteiger partial charge in [-0.25, -0.2) is 4.98 Å². The summed E-state index contributed by atoms with van der Waals surface area (Å²) in [6.45, 7) is 0.659. The van der Waals surface area contributed by atoms with Crippen LogP contribution in [0.15, 0.2) is 52.1 Å². The molecule has 7 nitrogen and oxygen atoms in total. The minimum Gasteiger partial charge on any atom is -0.497 e. The summed E-state index contributed by atoms with van der Waals surface area (Å²) in [5, 5.41) is 4.83. The van der Waals surface area contributed by atoms with Crippen molar-refractivity contribution in [1.29, 1.82) is 0 Å². The monoisotopic (exact) mass is 396 g/mol. The number of nitrogens with zero attached hydrogens (tertiary/aromatic N) is 4. The van der Waals surface area contributed by atoms with Gasteiger partial charge in [0.05, 0.1) is 12.7 Å². The van der Waals surface area contributed by atoms with Gasteiger partial charge in [-0.1, -0.05) is 5.16 Å². The molecule has 1 saturated heterocycles. The van der Waals surface area contributed by atoms with Crippen LogP contribution in [-0.4, -0.2) is 45.8 Å². The Labute approximate surface area is 167 Å². The molecular weight excluding hydrogens is 376 g/mol. The minimum atomic E-state index is -0.220. The Morgan fingerprint density at radius 3 is 2.86 bits per heavy atom. The van der Waals surface area contributed by atoms with Crippen molar-refractivity contribution in [1.82, 2.24) is 20.0 Å². The Balaban J connectivity index is 1.58. The molecule has 1 aromatic carbocycles. The molecule has 3 heterocycles. The molecule has 28 heavy (non-hydrogen) atoms. The average molecular weight is 396 g/mol. The van der Waals surface area contributed by atoms with Crippen molar-refractivity contribution in [2.75, 3.05) is 19.9 Å². The lowest BCUT2D eigenvalue weighted by Crippen LogP contribution is -2.31. The fraction of sp³-hybridized carbons (Fsp3) is 0.300. The number of aromatic nitrogens is 3. The fourth-order valence-electron chi connectivity index (χ4n) is 3.37. The first-order chi connectivity index (χ1) is 13.7. The highest BCUT2D eigenvalue weighted by Gasteiger charge is 2.35. The third-order valence-corrected chi connectivity index (χ3v) is 5.50. The van der Waals surface area contributed by atoms with E-state index in [0.29, 0.717) is 23.8 Å². The first-order valence-electron chi connectivity index (χ1n) is 8.99. The van der Waals surface area contributed by atoms with Crippen LogP contribution in [0, 0.1) is 0 Å². The number of thioether (sulfide) groups is 1. The second-order valence-corrected chi connectivity index (χ2v) is 7.20. The van der Waals surface area contributed by atoms with Gasteiger partial charge in [0.1, 0.15) is 16.8 Å². The van der Waals surface area contributed by atoms with Crippen LogP contribution in [0.5, 0.6) is 5.75 Å². The summed E-state index contributed by atoms with van der Waals surface area (Å²) in [5.41, 5.74) is 1.44. The van der Waals surface area contributed by atoms with Gasteiger partial charge in [0.15, 0.2) is 0 Å². The number of methoxy groups -OCH3 is 1. The van der Waals surface area contributed by atoms with E-state index in [1.807, 2.05) is 41.5 Å². The summed E-state index contributed by atoms with van der Waals surface area (Å²) in [5.74, 6) is 1.68. The zero-order valence-corrected chi connectivity index (χ0v) is 16.5. The normalized spacial score (nSPS) is 16.4. The van der Waals surface area contributed by atoms with Crippen LogP contribution in [0.4, 0.5) is 0 Å². The molecule has 0 unspecified atom stereocenters. The zero-order chi connectivity index (χ0) is 19.5. The maximum absolute atomic E-state index is 13.1. The molecule has 0 saturated carbocycles. The van der Waals surface area contributed by atoms with Crippen molar-refractivity contribution < 1.29 is 14.1 Å². The summed E-state index contributed by atoms with van der Waals surface area (Å²) in [4.78, 5) is 23.8. The van der Waals surface area contributed by atoms with Crippen molar-refractivity contribution in [3.05, 3.63) is 54.0 Å². The van der Waals surface area contributed by atoms with Crippen molar-refractivity contribution in [2.45, 2.75) is 23.9 Å². The van der Waals surface area contributed by atoms with E-state index >= 15 is 0 Å². The second kappa shape index (κ2) is 8.02. The smallest absolute Gasteiger partial charge is 0.257 e. The van der Waals surface area contributed by atoms with Crippen LogP contribution in [0.1, 0.15) is 35.1 Å². The third kappa shape index (κ3) is 3.47. The maximum Gasteiger partial charge on any atom is 0.257 e. The highest BCUT2D eigenvalue weighted by Crippen LogP contribution is 2.34. The minimum absolute atomic E-state index is 0.0517. The van der Waals surface area contributed by atoms with E-state index in [4.69, 9.17) is 9.26 Å². The Morgan fingerprint density at radius 1 is 1.29 bits per heavy atom. The topological polar surface area (TPSA) is 81.4 Å². The molecule has 1 amide bonds. The molecule has 0 spiro atoms. The standard InChI is InChI=1S/C20H20N4O3S/c1-26-14-9-7-13(8-10-14)17-22-18(27-23-17)16-6-4-12-24(16)20(25)15-5-3-11-21-19(15)28-2/h3,5,7-11,16H,4,6,12H2,1-2H3/t16-/m0/s1. The first-order valence-corrected chi connectivity index (χ1v) is 10.2. The number of likely N-dealkylation sites (tertiary alicyclic amines) is 1. The lowest BCUT2D eigenvalue weighted by atomic mass is 10.2. The number of amides is 1. The Hall–Kier alpha value is -2.87. The molecule has 4 rings (SSSR count). The first kappa shape index (κ1) is 18.5. The van der Waals surface area contributed by atoms with Crippen molar-refractivity contribution in [3.8, 4) is 17.1 Å². The van der Waals surface area contributed by atoms with Gasteiger partial charge in [-0.15, -0.1) is 11.8 Å². The highest BCUT2D eigenvalue weighted by atomic mass is 32.2. The van der Waals surface area contributed by atoms with E-state index < -0.39 is 0 Å². The van der Waals surface area contributed by atoms with Gasteiger partial charge < -0.3 is 14.2 Å². The van der Waals surface area contributed by atoms with Crippen LogP contribution in [0.3, 0.4) is 0 Å². The predicted molar refractivity (Wildman–Crippen MR) is 105 cm³/mol. The van der Waals surface area contributed by atoms with Crippen LogP contribution in [0.25, 0.3) is 11.4 Å². The van der Waals surface area contributed by atoms with Gasteiger partial charge in [-0.2, -0.15) is 4.98 Å². The number of hydrogen-bond acceptors (Lipinski definition) is 7. The molecule has 1 aliphatic rings. The number of carbonyl (C=O) groups excluding carboxylic acids is 1. The molecule has 144 valence electrons. The lowest BCUT2D eigenvalue weighted by Gasteiger charge is -2.22. The number of carbonyl (C=O) groups is 1. The van der Waals surface area contributed by atoms with Crippen LogP contribution >= 0.6 is 11.8 Å². The van der Waals surface area contributed by atoms with Gasteiger partial charge >= 0.3 is 0 Å². The van der Waals surface area contributed by atoms with E-state index in [0.717, 1.165) is 29.2 Å². The molecule has 2 aromatic heterocycles. The lowest BCUT2D eigenvalue weighted by molar-refractivity contribution is 0.0705. The maximum atomic E-state index is 13.1. The van der Waals surface area contributed by atoms with E-state index in [1.54, 1.807) is 19.4 Å². The predicted octanol–water partition coefficient (Wildman–Crippen LogP) is 3.84. The molecule has 0 N–H and O–H groups in total. The number of pyridine rings is 1. The summed E-state index contributed by atoms with van der Waals surface area (Å²) >= 11 is 1.46. The Bertz CT molecular complexity index is 974. The molecule has 1 fully saturated rings. The quantitative estimate of drug-likeness (QED) is 0.606. The molecule has 1 atom stereocenters. The average Bonchev–Trinajstić information content (AvgIpc) is 3.42. The van der Waals surface area contributed by atoms with Gasteiger partial charge in [0.25, 0.3) is 5.91 Å². The molecule has 8 heteroatoms. The summed E-state index contributed by atoms with van der Waals surface area (Å²) in [6, 6.07) is 10.8. The van der Waals surface area contributed by atoms with E-state index in [-0.39, 0.29) is 11.9 Å².